The van der Waals surface area contributed by atoms with E-state index in [9.17, 15) is 0 Å². The monoisotopic (exact) mass is 187 g/mol. The van der Waals surface area contributed by atoms with Gasteiger partial charge in [0.05, 0.1) is 12.6 Å². The molecule has 0 N–H and O–H groups in total. The smallest absolute Gasteiger partial charge is 0.121 e. The maximum absolute atomic E-state index is 5.16. The largest absolute Gasteiger partial charge is 0.497 e. The topological polar surface area (TPSA) is 22.1 Å². The van der Waals surface area contributed by atoms with Gasteiger partial charge >= 0.3 is 0 Å². The van der Waals surface area contributed by atoms with Gasteiger partial charge in [0.15, 0.2) is 0 Å². The van der Waals surface area contributed by atoms with E-state index in [0.29, 0.717) is 0 Å². The molecule has 14 heavy (non-hydrogen) atoms. The first kappa shape index (κ1) is 9.00. The summed E-state index contributed by atoms with van der Waals surface area (Å²) in [6, 6.07) is 8.08. The second-order valence-corrected chi connectivity index (χ2v) is 3.21. The Hall–Kier alpha value is -1.57. The first-order valence-corrected chi connectivity index (χ1v) is 4.76. The summed E-state index contributed by atoms with van der Waals surface area (Å²) in [5, 5.41) is 1.22. The van der Waals surface area contributed by atoms with Crippen LogP contribution in [-0.4, -0.2) is 12.1 Å². The molecule has 0 bridgehead atoms. The molecule has 1 heterocycles. The van der Waals surface area contributed by atoms with Crippen molar-refractivity contribution in [2.45, 2.75) is 13.3 Å². The zero-order chi connectivity index (χ0) is 9.97. The fourth-order valence-corrected chi connectivity index (χ4v) is 1.62. The van der Waals surface area contributed by atoms with Crippen molar-refractivity contribution in [2.24, 2.45) is 0 Å². The van der Waals surface area contributed by atoms with Crippen LogP contribution in [0.25, 0.3) is 10.9 Å². The molecule has 2 heteroatoms. The lowest BCUT2D eigenvalue weighted by Crippen LogP contribution is -1.88. The van der Waals surface area contributed by atoms with Crippen LogP contribution < -0.4 is 4.74 Å². The van der Waals surface area contributed by atoms with Gasteiger partial charge in [0, 0.05) is 17.6 Å². The Kier molecular flexibility index (Phi) is 2.35. The second kappa shape index (κ2) is 3.66. The van der Waals surface area contributed by atoms with Crippen LogP contribution in [0.5, 0.6) is 5.75 Å². The number of aryl methyl sites for hydroxylation is 1. The van der Waals surface area contributed by atoms with Crippen molar-refractivity contribution in [3.63, 3.8) is 0 Å². The molecule has 0 aliphatic rings. The molecular weight excluding hydrogens is 174 g/mol. The number of ether oxygens (including phenoxy) is 1. The maximum Gasteiger partial charge on any atom is 0.121 e. The molecule has 0 saturated heterocycles. The molecule has 0 atom stereocenters. The number of fused-ring (bicyclic) bond motifs is 1. The number of benzene rings is 1. The lowest BCUT2D eigenvalue weighted by atomic mass is 10.1. The predicted molar refractivity (Wildman–Crippen MR) is 57.7 cm³/mol. The molecule has 0 fully saturated rings. The van der Waals surface area contributed by atoms with Crippen LogP contribution in [0.2, 0.25) is 0 Å². The Morgan fingerprint density at radius 2 is 2.14 bits per heavy atom. The normalized spacial score (nSPS) is 10.4. The Morgan fingerprint density at radius 3 is 2.86 bits per heavy atom. The summed E-state index contributed by atoms with van der Waals surface area (Å²) in [6.07, 6.45) is 2.88. The molecular formula is C12H13NO. The van der Waals surface area contributed by atoms with Crippen LogP contribution in [0.1, 0.15) is 12.5 Å². The van der Waals surface area contributed by atoms with Gasteiger partial charge in [-0.25, -0.2) is 0 Å². The molecule has 0 unspecified atom stereocenters. The lowest BCUT2D eigenvalue weighted by molar-refractivity contribution is 0.415. The van der Waals surface area contributed by atoms with Gasteiger partial charge in [0.25, 0.3) is 0 Å². The maximum atomic E-state index is 5.16. The lowest BCUT2D eigenvalue weighted by Gasteiger charge is -2.05. The molecule has 72 valence electrons. The standard InChI is InChI=1S/C12H13NO/c1-3-9-6-7-13-12-8-10(14-2)4-5-11(9)12/h4-8H,3H2,1-2H3. The molecule has 0 radical (unpaired) electrons. The molecule has 2 aromatic rings. The van der Waals surface area contributed by atoms with E-state index in [4.69, 9.17) is 4.74 Å². The van der Waals surface area contributed by atoms with Crippen LogP contribution in [-0.2, 0) is 6.42 Å². The number of nitrogens with zero attached hydrogens (tertiary/aromatic N) is 1. The fourth-order valence-electron chi connectivity index (χ4n) is 1.62. The van der Waals surface area contributed by atoms with Gasteiger partial charge in [0.2, 0.25) is 0 Å². The van der Waals surface area contributed by atoms with E-state index in [1.807, 2.05) is 18.3 Å². The van der Waals surface area contributed by atoms with Gasteiger partial charge in [-0.2, -0.15) is 0 Å². The minimum absolute atomic E-state index is 0.859. The van der Waals surface area contributed by atoms with Crippen molar-refractivity contribution < 1.29 is 4.74 Å². The predicted octanol–water partition coefficient (Wildman–Crippen LogP) is 2.81. The number of pyridine rings is 1. The van der Waals surface area contributed by atoms with Crippen LogP contribution in [0.4, 0.5) is 0 Å². The molecule has 1 aromatic heterocycles. The van der Waals surface area contributed by atoms with Crippen LogP contribution >= 0.6 is 0 Å². The molecule has 1 aromatic carbocycles. The second-order valence-electron chi connectivity index (χ2n) is 3.21. The number of methoxy groups -OCH3 is 1. The van der Waals surface area contributed by atoms with E-state index in [0.717, 1.165) is 17.7 Å². The van der Waals surface area contributed by atoms with Gasteiger partial charge in [-0.3, -0.25) is 4.98 Å². The van der Waals surface area contributed by atoms with Crippen LogP contribution in [0.15, 0.2) is 30.5 Å². The fraction of sp³-hybridized carbons (Fsp3) is 0.250. The summed E-state index contributed by atoms with van der Waals surface area (Å²) >= 11 is 0. The van der Waals surface area contributed by atoms with E-state index in [-0.39, 0.29) is 0 Å². The zero-order valence-corrected chi connectivity index (χ0v) is 8.45. The Morgan fingerprint density at radius 1 is 1.29 bits per heavy atom. The van der Waals surface area contributed by atoms with Gasteiger partial charge in [0.1, 0.15) is 5.75 Å². The average Bonchev–Trinajstić information content (AvgIpc) is 2.27. The summed E-state index contributed by atoms with van der Waals surface area (Å²) < 4.78 is 5.16. The highest BCUT2D eigenvalue weighted by Gasteiger charge is 2.00. The van der Waals surface area contributed by atoms with Crippen LogP contribution in [0.3, 0.4) is 0 Å². The number of hydrogen-bond donors (Lipinski definition) is 0. The first-order chi connectivity index (χ1) is 6.85. The van der Waals surface area contributed by atoms with E-state index >= 15 is 0 Å². The Balaban J connectivity index is 2.67. The Bertz CT molecular complexity index is 451. The highest BCUT2D eigenvalue weighted by atomic mass is 16.5. The van der Waals surface area contributed by atoms with Crippen LogP contribution in [0, 0.1) is 0 Å². The first-order valence-electron chi connectivity index (χ1n) is 4.76. The molecule has 0 spiro atoms. The van der Waals surface area contributed by atoms with Gasteiger partial charge < -0.3 is 4.74 Å². The minimum atomic E-state index is 0.859. The van der Waals surface area contributed by atoms with Crippen molar-refractivity contribution in [1.82, 2.24) is 4.98 Å². The summed E-state index contributed by atoms with van der Waals surface area (Å²) in [5.41, 5.74) is 2.33. The highest BCUT2D eigenvalue weighted by molar-refractivity contribution is 5.83. The van der Waals surface area contributed by atoms with Crippen molar-refractivity contribution in [3.8, 4) is 5.75 Å². The minimum Gasteiger partial charge on any atom is -0.497 e. The van der Waals surface area contributed by atoms with E-state index in [1.165, 1.54) is 10.9 Å². The van der Waals surface area contributed by atoms with E-state index in [2.05, 4.69) is 24.0 Å². The third-order valence-corrected chi connectivity index (χ3v) is 2.42. The summed E-state index contributed by atoms with van der Waals surface area (Å²) in [5.74, 6) is 0.859. The summed E-state index contributed by atoms with van der Waals surface area (Å²) in [4.78, 5) is 4.32. The Labute approximate surface area is 83.5 Å². The van der Waals surface area contributed by atoms with Crippen molar-refractivity contribution in [1.29, 1.82) is 0 Å². The summed E-state index contributed by atoms with van der Waals surface area (Å²) in [7, 11) is 1.67. The number of rotatable bonds is 2. The molecule has 2 rings (SSSR count). The number of aromatic nitrogens is 1. The molecule has 0 aliphatic carbocycles. The third kappa shape index (κ3) is 1.43. The van der Waals surface area contributed by atoms with Crippen molar-refractivity contribution in [2.75, 3.05) is 7.11 Å². The summed E-state index contributed by atoms with van der Waals surface area (Å²) in [6.45, 7) is 2.15. The SMILES string of the molecule is CCc1ccnc2cc(OC)ccc12. The zero-order valence-electron chi connectivity index (χ0n) is 8.45. The van der Waals surface area contributed by atoms with Gasteiger partial charge in [-0.15, -0.1) is 0 Å². The highest BCUT2D eigenvalue weighted by Crippen LogP contribution is 2.21. The van der Waals surface area contributed by atoms with E-state index < -0.39 is 0 Å². The van der Waals surface area contributed by atoms with E-state index in [1.54, 1.807) is 7.11 Å². The van der Waals surface area contributed by atoms with Gasteiger partial charge in [-0.05, 0) is 30.2 Å². The molecule has 0 amide bonds. The third-order valence-electron chi connectivity index (χ3n) is 2.42. The quantitative estimate of drug-likeness (QED) is 0.721. The molecule has 0 saturated carbocycles. The van der Waals surface area contributed by atoms with Crippen molar-refractivity contribution >= 4 is 10.9 Å². The molecule has 2 nitrogen and oxygen atoms in total. The average molecular weight is 187 g/mol. The van der Waals surface area contributed by atoms with Crippen molar-refractivity contribution in [3.05, 3.63) is 36.0 Å². The molecule has 0 aliphatic heterocycles. The number of hydrogen-bond acceptors (Lipinski definition) is 2. The van der Waals surface area contributed by atoms with Gasteiger partial charge in [-0.1, -0.05) is 6.92 Å².